The van der Waals surface area contributed by atoms with Gasteiger partial charge in [-0.05, 0) is 41.8 Å². The van der Waals surface area contributed by atoms with Gasteiger partial charge in [0.15, 0.2) is 6.10 Å². The van der Waals surface area contributed by atoms with Crippen molar-refractivity contribution in [3.05, 3.63) is 60.6 Å². The Balaban J connectivity index is 1.86. The summed E-state index contributed by atoms with van der Waals surface area (Å²) in [5, 5.41) is 13.3. The highest BCUT2D eigenvalue weighted by atomic mass is 19.4. The predicted molar refractivity (Wildman–Crippen MR) is 87.7 cm³/mol. The number of hydrogen-bond donors (Lipinski definition) is 1. The molecule has 3 rings (SSSR count). The maximum Gasteiger partial charge on any atom is 0.416 e. The first-order chi connectivity index (χ1) is 11.8. The molecule has 25 heavy (non-hydrogen) atoms. The van der Waals surface area contributed by atoms with Crippen LogP contribution in [0.5, 0.6) is 0 Å². The summed E-state index contributed by atoms with van der Waals surface area (Å²) >= 11 is 0. The predicted octanol–water partition coefficient (Wildman–Crippen LogP) is 3.84. The van der Waals surface area contributed by atoms with Crippen molar-refractivity contribution < 1.29 is 18.3 Å². The number of halogens is 3. The number of pyridine rings is 1. The van der Waals surface area contributed by atoms with Gasteiger partial charge in [0.25, 0.3) is 0 Å². The largest absolute Gasteiger partial charge is 0.416 e. The van der Waals surface area contributed by atoms with Crippen LogP contribution in [-0.4, -0.2) is 32.2 Å². The molecule has 0 saturated carbocycles. The molecule has 2 aromatic heterocycles. The number of aryl methyl sites for hydroxylation is 1. The van der Waals surface area contributed by atoms with E-state index in [0.717, 1.165) is 26.9 Å². The smallest absolute Gasteiger partial charge is 0.382 e. The van der Waals surface area contributed by atoms with Crippen LogP contribution in [0.15, 0.2) is 55.0 Å². The number of alkyl halides is 3. The summed E-state index contributed by atoms with van der Waals surface area (Å²) in [5.74, 6) is 0. The molecule has 7 heteroatoms. The van der Waals surface area contributed by atoms with Crippen LogP contribution in [0.3, 0.4) is 0 Å². The first-order valence-corrected chi connectivity index (χ1v) is 7.64. The third kappa shape index (κ3) is 3.88. The first-order valence-electron chi connectivity index (χ1n) is 7.64. The zero-order valence-electron chi connectivity index (χ0n) is 13.4. The molecule has 0 aliphatic carbocycles. The maximum atomic E-state index is 12.4. The molecule has 0 amide bonds. The van der Waals surface area contributed by atoms with Gasteiger partial charge >= 0.3 is 6.18 Å². The van der Waals surface area contributed by atoms with E-state index in [2.05, 4.69) is 10.1 Å². The van der Waals surface area contributed by atoms with E-state index < -0.39 is 18.8 Å². The van der Waals surface area contributed by atoms with Gasteiger partial charge in [-0.1, -0.05) is 18.2 Å². The van der Waals surface area contributed by atoms with Crippen LogP contribution in [0.25, 0.3) is 22.4 Å². The standard InChI is InChI=1S/C18H16F3N3O/c1-12-10-22-7-5-15(12)13-3-2-4-14(9-13)16-6-8-24(23-16)11-17(25)18(19,20)21/h2-10,17,25H,11H2,1H3. The van der Waals surface area contributed by atoms with Crippen LogP contribution in [0, 0.1) is 6.92 Å². The van der Waals surface area contributed by atoms with E-state index in [1.165, 1.54) is 6.20 Å². The van der Waals surface area contributed by atoms with Crippen molar-refractivity contribution in [2.24, 2.45) is 0 Å². The average molecular weight is 347 g/mol. The van der Waals surface area contributed by atoms with Crippen LogP contribution in [0.4, 0.5) is 13.2 Å². The topological polar surface area (TPSA) is 50.9 Å². The number of nitrogens with zero attached hydrogens (tertiary/aromatic N) is 3. The van der Waals surface area contributed by atoms with Crippen LogP contribution in [0.2, 0.25) is 0 Å². The highest BCUT2D eigenvalue weighted by Crippen LogP contribution is 2.27. The minimum Gasteiger partial charge on any atom is -0.382 e. The number of benzene rings is 1. The van der Waals surface area contributed by atoms with E-state index in [4.69, 9.17) is 5.11 Å². The fourth-order valence-electron chi connectivity index (χ4n) is 2.54. The van der Waals surface area contributed by atoms with Gasteiger partial charge in [0.05, 0.1) is 12.2 Å². The Hall–Kier alpha value is -2.67. The van der Waals surface area contributed by atoms with Crippen LogP contribution in [0.1, 0.15) is 5.56 Å². The third-order valence-corrected chi connectivity index (χ3v) is 3.87. The summed E-state index contributed by atoms with van der Waals surface area (Å²) in [7, 11) is 0. The quantitative estimate of drug-likeness (QED) is 0.780. The van der Waals surface area contributed by atoms with Gasteiger partial charge in [-0.2, -0.15) is 18.3 Å². The maximum absolute atomic E-state index is 12.4. The summed E-state index contributed by atoms with van der Waals surface area (Å²) < 4.78 is 38.4. The number of rotatable bonds is 4. The van der Waals surface area contributed by atoms with Crippen molar-refractivity contribution in [3.63, 3.8) is 0 Å². The van der Waals surface area contributed by atoms with Crippen molar-refractivity contribution in [3.8, 4) is 22.4 Å². The van der Waals surface area contributed by atoms with Gasteiger partial charge < -0.3 is 5.11 Å². The van der Waals surface area contributed by atoms with E-state index in [1.807, 2.05) is 37.3 Å². The monoisotopic (exact) mass is 347 g/mol. The average Bonchev–Trinajstić information content (AvgIpc) is 3.03. The van der Waals surface area contributed by atoms with Gasteiger partial charge in [0.1, 0.15) is 0 Å². The van der Waals surface area contributed by atoms with E-state index in [1.54, 1.807) is 18.5 Å². The van der Waals surface area contributed by atoms with Crippen LogP contribution >= 0.6 is 0 Å². The summed E-state index contributed by atoms with van der Waals surface area (Å²) in [6.45, 7) is 1.33. The molecule has 0 fully saturated rings. The highest BCUT2D eigenvalue weighted by molar-refractivity contribution is 5.72. The van der Waals surface area contributed by atoms with E-state index in [0.29, 0.717) is 5.69 Å². The molecule has 1 unspecified atom stereocenters. The number of aliphatic hydroxyl groups is 1. The van der Waals surface area contributed by atoms with E-state index in [-0.39, 0.29) is 0 Å². The lowest BCUT2D eigenvalue weighted by Gasteiger charge is -2.14. The normalized spacial score (nSPS) is 13.0. The molecule has 1 aromatic carbocycles. The fourth-order valence-corrected chi connectivity index (χ4v) is 2.54. The number of aromatic nitrogens is 3. The molecular formula is C18H16F3N3O. The van der Waals surface area contributed by atoms with Gasteiger partial charge in [-0.15, -0.1) is 0 Å². The Morgan fingerprint density at radius 3 is 2.64 bits per heavy atom. The minimum absolute atomic E-state index is 0.544. The minimum atomic E-state index is -4.66. The van der Waals surface area contributed by atoms with E-state index >= 15 is 0 Å². The second-order valence-corrected chi connectivity index (χ2v) is 5.75. The van der Waals surface area contributed by atoms with Gasteiger partial charge in [-0.25, -0.2) is 0 Å². The number of hydrogen-bond acceptors (Lipinski definition) is 3. The molecule has 0 spiro atoms. The van der Waals surface area contributed by atoms with Crippen LogP contribution < -0.4 is 0 Å². The zero-order chi connectivity index (χ0) is 18.0. The van der Waals surface area contributed by atoms with Crippen molar-refractivity contribution >= 4 is 0 Å². The summed E-state index contributed by atoms with van der Waals surface area (Å²) in [6, 6.07) is 11.1. The molecule has 2 heterocycles. The molecule has 130 valence electrons. The second kappa shape index (κ2) is 6.68. The molecule has 0 aliphatic rings. The fraction of sp³-hybridized carbons (Fsp3) is 0.222. The summed E-state index contributed by atoms with van der Waals surface area (Å²) in [4.78, 5) is 4.07. The molecule has 0 saturated heterocycles. The third-order valence-electron chi connectivity index (χ3n) is 3.87. The lowest BCUT2D eigenvalue weighted by molar-refractivity contribution is -0.208. The SMILES string of the molecule is Cc1cnccc1-c1cccc(-c2ccn(CC(O)C(F)(F)F)n2)c1. The lowest BCUT2D eigenvalue weighted by atomic mass is 10.00. The van der Waals surface area contributed by atoms with Gasteiger partial charge in [-0.3, -0.25) is 9.67 Å². The molecule has 1 atom stereocenters. The van der Waals surface area contributed by atoms with E-state index in [9.17, 15) is 13.2 Å². The van der Waals surface area contributed by atoms with Gasteiger partial charge in [0.2, 0.25) is 0 Å². The van der Waals surface area contributed by atoms with Crippen LogP contribution in [-0.2, 0) is 6.54 Å². The molecule has 3 aromatic rings. The lowest BCUT2D eigenvalue weighted by Crippen LogP contribution is -2.32. The molecule has 0 bridgehead atoms. The Morgan fingerprint density at radius 2 is 1.92 bits per heavy atom. The first kappa shape index (κ1) is 17.2. The Kier molecular flexibility index (Phi) is 4.59. The van der Waals surface area contributed by atoms with Crippen molar-refractivity contribution in [2.45, 2.75) is 25.7 Å². The Bertz CT molecular complexity index is 874. The summed E-state index contributed by atoms with van der Waals surface area (Å²) in [5.41, 5.74) is 4.36. The Morgan fingerprint density at radius 1 is 1.16 bits per heavy atom. The Labute approximate surface area is 142 Å². The molecule has 0 aliphatic heterocycles. The molecular weight excluding hydrogens is 331 g/mol. The zero-order valence-corrected chi connectivity index (χ0v) is 13.4. The van der Waals surface area contributed by atoms with Crippen molar-refractivity contribution in [1.82, 2.24) is 14.8 Å². The summed E-state index contributed by atoms with van der Waals surface area (Å²) in [6.07, 6.45) is -2.19. The molecule has 4 nitrogen and oxygen atoms in total. The second-order valence-electron chi connectivity index (χ2n) is 5.75. The molecule has 1 N–H and O–H groups in total. The highest BCUT2D eigenvalue weighted by Gasteiger charge is 2.38. The van der Waals surface area contributed by atoms with Gasteiger partial charge in [0, 0.05) is 24.2 Å². The number of aliphatic hydroxyl groups excluding tert-OH is 1. The molecule has 0 radical (unpaired) electrons. The van der Waals surface area contributed by atoms with Crippen molar-refractivity contribution in [1.29, 1.82) is 0 Å². The van der Waals surface area contributed by atoms with Crippen molar-refractivity contribution in [2.75, 3.05) is 0 Å².